The minimum absolute atomic E-state index is 0.314. The van der Waals surface area contributed by atoms with E-state index in [0.717, 1.165) is 24.5 Å². The summed E-state index contributed by atoms with van der Waals surface area (Å²) in [7, 11) is 0. The highest BCUT2D eigenvalue weighted by Gasteiger charge is 2.20. The summed E-state index contributed by atoms with van der Waals surface area (Å²) in [6.07, 6.45) is 3.85. The first kappa shape index (κ1) is 12.9. The Bertz CT molecular complexity index is 399. The van der Waals surface area contributed by atoms with E-state index in [4.69, 9.17) is 14.6 Å². The highest BCUT2D eigenvalue weighted by Crippen LogP contribution is 2.32. The molecule has 98 valence electrons. The zero-order chi connectivity index (χ0) is 12.8. The zero-order valence-corrected chi connectivity index (χ0v) is 10.3. The van der Waals surface area contributed by atoms with E-state index in [0.29, 0.717) is 12.4 Å². The van der Waals surface area contributed by atoms with Crippen LogP contribution in [0.1, 0.15) is 24.8 Å². The molecule has 0 saturated heterocycles. The largest absolute Gasteiger partial charge is 0.482 e. The van der Waals surface area contributed by atoms with Crippen LogP contribution in [0.4, 0.5) is 0 Å². The minimum atomic E-state index is -0.971. The van der Waals surface area contributed by atoms with Gasteiger partial charge in [0.2, 0.25) is 0 Å². The molecule has 0 radical (unpaired) electrons. The van der Waals surface area contributed by atoms with Gasteiger partial charge in [-0.25, -0.2) is 4.79 Å². The summed E-state index contributed by atoms with van der Waals surface area (Å²) in [6, 6.07) is 7.36. The van der Waals surface area contributed by atoms with Crippen molar-refractivity contribution in [2.24, 2.45) is 5.92 Å². The Morgan fingerprint density at radius 2 is 2.22 bits per heavy atom. The second kappa shape index (κ2) is 6.40. The van der Waals surface area contributed by atoms with Crippen molar-refractivity contribution in [2.75, 3.05) is 13.2 Å². The van der Waals surface area contributed by atoms with Crippen LogP contribution >= 0.6 is 0 Å². The van der Waals surface area contributed by atoms with Gasteiger partial charge in [0.1, 0.15) is 5.75 Å². The first-order valence-corrected chi connectivity index (χ1v) is 6.25. The van der Waals surface area contributed by atoms with Gasteiger partial charge in [-0.1, -0.05) is 25.0 Å². The van der Waals surface area contributed by atoms with Crippen LogP contribution in [0, 0.1) is 5.92 Å². The molecule has 0 aromatic heterocycles. The molecule has 1 aliphatic rings. The van der Waals surface area contributed by atoms with Gasteiger partial charge in [-0.15, -0.1) is 0 Å². The first-order chi connectivity index (χ1) is 8.74. The molecule has 4 heteroatoms. The Kier molecular flexibility index (Phi) is 4.59. The van der Waals surface area contributed by atoms with E-state index in [9.17, 15) is 4.79 Å². The lowest BCUT2D eigenvalue weighted by Crippen LogP contribution is -2.09. The van der Waals surface area contributed by atoms with Crippen LogP contribution in [-0.4, -0.2) is 24.3 Å². The maximum absolute atomic E-state index is 10.4. The predicted molar refractivity (Wildman–Crippen MR) is 66.6 cm³/mol. The topological polar surface area (TPSA) is 55.8 Å². The fourth-order valence-electron chi connectivity index (χ4n) is 1.72. The highest BCUT2D eigenvalue weighted by molar-refractivity contribution is 5.68. The molecule has 4 nitrogen and oxygen atoms in total. The number of carboxylic acids is 1. The fraction of sp³-hybridized carbons (Fsp3) is 0.500. The first-order valence-electron chi connectivity index (χ1n) is 6.25. The average molecular weight is 250 g/mol. The van der Waals surface area contributed by atoms with Crippen LogP contribution in [0.2, 0.25) is 0 Å². The van der Waals surface area contributed by atoms with Crippen LogP contribution in [0.15, 0.2) is 24.3 Å². The van der Waals surface area contributed by atoms with Gasteiger partial charge in [0, 0.05) is 6.61 Å². The van der Waals surface area contributed by atoms with Crippen molar-refractivity contribution in [3.8, 4) is 5.75 Å². The van der Waals surface area contributed by atoms with Crippen molar-refractivity contribution in [1.82, 2.24) is 0 Å². The normalized spacial score (nSPS) is 14.4. The van der Waals surface area contributed by atoms with Gasteiger partial charge in [0.25, 0.3) is 0 Å². The monoisotopic (exact) mass is 250 g/mol. The Balaban J connectivity index is 1.72. The van der Waals surface area contributed by atoms with E-state index >= 15 is 0 Å². The van der Waals surface area contributed by atoms with Crippen molar-refractivity contribution >= 4 is 5.97 Å². The number of ether oxygens (including phenoxy) is 2. The Morgan fingerprint density at radius 3 is 2.94 bits per heavy atom. The Labute approximate surface area is 107 Å². The predicted octanol–water partition coefficient (Wildman–Crippen LogP) is 2.47. The second-order valence-electron chi connectivity index (χ2n) is 4.61. The molecule has 2 rings (SSSR count). The number of carbonyl (C=O) groups is 1. The Hall–Kier alpha value is -1.55. The second-order valence-corrected chi connectivity index (χ2v) is 4.61. The molecule has 1 aromatic rings. The van der Waals surface area contributed by atoms with Crippen molar-refractivity contribution < 1.29 is 19.4 Å². The summed E-state index contributed by atoms with van der Waals surface area (Å²) < 4.78 is 10.7. The van der Waals surface area contributed by atoms with E-state index in [-0.39, 0.29) is 6.61 Å². The molecule has 1 fully saturated rings. The number of rotatable bonds is 8. The maximum Gasteiger partial charge on any atom is 0.341 e. The minimum Gasteiger partial charge on any atom is -0.482 e. The van der Waals surface area contributed by atoms with E-state index < -0.39 is 5.97 Å². The van der Waals surface area contributed by atoms with Gasteiger partial charge in [0.05, 0.1) is 6.61 Å². The molecular formula is C14H18O4. The number of aliphatic carboxylic acids is 1. The zero-order valence-electron chi connectivity index (χ0n) is 10.3. The van der Waals surface area contributed by atoms with Crippen molar-refractivity contribution in [3.63, 3.8) is 0 Å². The van der Waals surface area contributed by atoms with Crippen LogP contribution in [-0.2, 0) is 16.1 Å². The third kappa shape index (κ3) is 4.75. The molecule has 18 heavy (non-hydrogen) atoms. The molecule has 1 aromatic carbocycles. The summed E-state index contributed by atoms with van der Waals surface area (Å²) in [5, 5.41) is 8.53. The summed E-state index contributed by atoms with van der Waals surface area (Å²) in [6.45, 7) is 1.04. The molecule has 0 heterocycles. The molecule has 0 spiro atoms. The summed E-state index contributed by atoms with van der Waals surface area (Å²) >= 11 is 0. The number of hydrogen-bond donors (Lipinski definition) is 1. The van der Waals surface area contributed by atoms with Gasteiger partial charge in [-0.3, -0.25) is 0 Å². The smallest absolute Gasteiger partial charge is 0.341 e. The van der Waals surface area contributed by atoms with Crippen LogP contribution < -0.4 is 4.74 Å². The molecule has 0 atom stereocenters. The third-order valence-electron chi connectivity index (χ3n) is 2.90. The quantitative estimate of drug-likeness (QED) is 0.720. The lowest BCUT2D eigenvalue weighted by Gasteiger charge is -2.07. The molecule has 1 N–H and O–H groups in total. The van der Waals surface area contributed by atoms with Gasteiger partial charge < -0.3 is 14.6 Å². The maximum atomic E-state index is 10.4. The van der Waals surface area contributed by atoms with E-state index in [2.05, 4.69) is 0 Å². The molecule has 0 amide bonds. The highest BCUT2D eigenvalue weighted by atomic mass is 16.5. The lowest BCUT2D eigenvalue weighted by atomic mass is 10.2. The van der Waals surface area contributed by atoms with Crippen LogP contribution in [0.3, 0.4) is 0 Å². The molecular weight excluding hydrogens is 232 g/mol. The molecule has 0 bridgehead atoms. The van der Waals surface area contributed by atoms with Crippen LogP contribution in [0.5, 0.6) is 5.75 Å². The summed E-state index contributed by atoms with van der Waals surface area (Å²) in [5.41, 5.74) is 1.01. The summed E-state index contributed by atoms with van der Waals surface area (Å²) in [4.78, 5) is 10.4. The third-order valence-corrected chi connectivity index (χ3v) is 2.90. The number of hydrogen-bond acceptors (Lipinski definition) is 3. The molecule has 0 aliphatic heterocycles. The van der Waals surface area contributed by atoms with E-state index in [1.165, 1.54) is 12.8 Å². The van der Waals surface area contributed by atoms with Crippen LogP contribution in [0.25, 0.3) is 0 Å². The van der Waals surface area contributed by atoms with Gasteiger partial charge in [0.15, 0.2) is 6.61 Å². The number of benzene rings is 1. The van der Waals surface area contributed by atoms with Crippen molar-refractivity contribution in [2.45, 2.75) is 25.9 Å². The average Bonchev–Trinajstić information content (AvgIpc) is 3.17. The standard InChI is InChI=1S/C14H18O4/c15-14(16)10-18-13-3-1-2-12(8-13)9-17-7-6-11-4-5-11/h1-3,8,11H,4-7,9-10H2,(H,15,16). The Morgan fingerprint density at radius 1 is 1.39 bits per heavy atom. The fourth-order valence-corrected chi connectivity index (χ4v) is 1.72. The van der Waals surface area contributed by atoms with Gasteiger partial charge in [-0.2, -0.15) is 0 Å². The molecule has 1 aliphatic carbocycles. The summed E-state index contributed by atoms with van der Waals surface area (Å²) in [5.74, 6) is 0.483. The van der Waals surface area contributed by atoms with Gasteiger partial charge in [-0.05, 0) is 30.0 Å². The number of carboxylic acid groups (broad SMARTS) is 1. The SMILES string of the molecule is O=C(O)COc1cccc(COCCC2CC2)c1. The van der Waals surface area contributed by atoms with Crippen molar-refractivity contribution in [1.29, 1.82) is 0 Å². The molecule has 0 unspecified atom stereocenters. The van der Waals surface area contributed by atoms with E-state index in [1.54, 1.807) is 6.07 Å². The lowest BCUT2D eigenvalue weighted by molar-refractivity contribution is -0.139. The van der Waals surface area contributed by atoms with E-state index in [1.807, 2.05) is 18.2 Å². The molecule has 1 saturated carbocycles. The van der Waals surface area contributed by atoms with Crippen molar-refractivity contribution in [3.05, 3.63) is 29.8 Å². The van der Waals surface area contributed by atoms with Gasteiger partial charge >= 0.3 is 5.97 Å².